The predicted octanol–water partition coefficient (Wildman–Crippen LogP) is 1.96. The van der Waals surface area contributed by atoms with Crippen LogP contribution in [-0.4, -0.2) is 23.9 Å². The fourth-order valence-corrected chi connectivity index (χ4v) is 0.781. The molecule has 0 aromatic carbocycles. The fourth-order valence-electron chi connectivity index (χ4n) is 0.781. The molecule has 0 saturated carbocycles. The van der Waals surface area contributed by atoms with Crippen molar-refractivity contribution in [1.29, 1.82) is 0 Å². The Balaban J connectivity index is 3.01. The van der Waals surface area contributed by atoms with Crippen molar-refractivity contribution in [2.24, 2.45) is 0 Å². The SMILES string of the molecule is CCC(C)OCCCC(C)O. The van der Waals surface area contributed by atoms with Crippen LogP contribution in [0.4, 0.5) is 0 Å². The molecule has 0 aliphatic heterocycles. The molecule has 0 fully saturated rings. The number of ether oxygens (including phenoxy) is 1. The van der Waals surface area contributed by atoms with E-state index in [1.54, 1.807) is 0 Å². The van der Waals surface area contributed by atoms with Crippen LogP contribution in [0, 0.1) is 0 Å². The van der Waals surface area contributed by atoms with Crippen LogP contribution in [0.15, 0.2) is 0 Å². The summed E-state index contributed by atoms with van der Waals surface area (Å²) in [5, 5.41) is 8.92. The van der Waals surface area contributed by atoms with Gasteiger partial charge in [0.2, 0.25) is 0 Å². The van der Waals surface area contributed by atoms with Crippen molar-refractivity contribution >= 4 is 0 Å². The van der Waals surface area contributed by atoms with E-state index in [1.807, 2.05) is 6.92 Å². The minimum atomic E-state index is -0.185. The molecule has 0 radical (unpaired) electrons. The van der Waals surface area contributed by atoms with Gasteiger partial charge in [0.05, 0.1) is 12.2 Å². The summed E-state index contributed by atoms with van der Waals surface area (Å²) in [5.74, 6) is 0. The molecule has 0 spiro atoms. The lowest BCUT2D eigenvalue weighted by molar-refractivity contribution is 0.0539. The summed E-state index contributed by atoms with van der Waals surface area (Å²) in [6.45, 7) is 6.77. The molecule has 68 valence electrons. The van der Waals surface area contributed by atoms with E-state index < -0.39 is 0 Å². The van der Waals surface area contributed by atoms with Gasteiger partial charge in [-0.25, -0.2) is 0 Å². The van der Waals surface area contributed by atoms with E-state index in [1.165, 1.54) is 0 Å². The third-order valence-electron chi connectivity index (χ3n) is 1.74. The second-order valence-electron chi connectivity index (χ2n) is 3.08. The Morgan fingerprint density at radius 3 is 2.45 bits per heavy atom. The van der Waals surface area contributed by atoms with Gasteiger partial charge in [0.25, 0.3) is 0 Å². The highest BCUT2D eigenvalue weighted by Crippen LogP contribution is 2.00. The van der Waals surface area contributed by atoms with Crippen LogP contribution < -0.4 is 0 Å². The summed E-state index contributed by atoms with van der Waals surface area (Å²) in [4.78, 5) is 0. The van der Waals surface area contributed by atoms with E-state index in [4.69, 9.17) is 9.84 Å². The van der Waals surface area contributed by atoms with Gasteiger partial charge in [-0.1, -0.05) is 6.92 Å². The van der Waals surface area contributed by atoms with Gasteiger partial charge < -0.3 is 9.84 Å². The molecule has 0 rings (SSSR count). The minimum Gasteiger partial charge on any atom is -0.393 e. The van der Waals surface area contributed by atoms with Gasteiger partial charge in [0.15, 0.2) is 0 Å². The largest absolute Gasteiger partial charge is 0.393 e. The zero-order chi connectivity index (χ0) is 8.69. The first-order valence-electron chi connectivity index (χ1n) is 4.46. The topological polar surface area (TPSA) is 29.5 Å². The second kappa shape index (κ2) is 6.62. The maximum absolute atomic E-state index is 8.92. The molecule has 2 nitrogen and oxygen atoms in total. The maximum atomic E-state index is 8.92. The summed E-state index contributed by atoms with van der Waals surface area (Å²) in [7, 11) is 0. The summed E-state index contributed by atoms with van der Waals surface area (Å²) < 4.78 is 5.43. The third kappa shape index (κ3) is 7.82. The van der Waals surface area contributed by atoms with E-state index in [0.717, 1.165) is 25.9 Å². The van der Waals surface area contributed by atoms with Crippen molar-refractivity contribution in [3.63, 3.8) is 0 Å². The van der Waals surface area contributed by atoms with Gasteiger partial charge in [0, 0.05) is 6.61 Å². The van der Waals surface area contributed by atoms with Crippen LogP contribution in [0.5, 0.6) is 0 Å². The molecule has 0 aromatic heterocycles. The quantitative estimate of drug-likeness (QED) is 0.602. The molecule has 0 heterocycles. The Morgan fingerprint density at radius 2 is 2.00 bits per heavy atom. The Kier molecular flexibility index (Phi) is 6.57. The highest BCUT2D eigenvalue weighted by atomic mass is 16.5. The summed E-state index contributed by atoms with van der Waals surface area (Å²) >= 11 is 0. The van der Waals surface area contributed by atoms with Gasteiger partial charge in [-0.15, -0.1) is 0 Å². The second-order valence-corrected chi connectivity index (χ2v) is 3.08. The fraction of sp³-hybridized carbons (Fsp3) is 1.00. The molecule has 2 heteroatoms. The summed E-state index contributed by atoms with van der Waals surface area (Å²) in [6.07, 6.45) is 3.05. The molecule has 0 amide bonds. The average Bonchev–Trinajstić information content (AvgIpc) is 1.97. The molecule has 0 aromatic rings. The lowest BCUT2D eigenvalue weighted by Crippen LogP contribution is -2.09. The van der Waals surface area contributed by atoms with Crippen molar-refractivity contribution in [3.8, 4) is 0 Å². The number of aliphatic hydroxyl groups excluding tert-OH is 1. The molecule has 11 heavy (non-hydrogen) atoms. The van der Waals surface area contributed by atoms with Crippen LogP contribution in [0.3, 0.4) is 0 Å². The maximum Gasteiger partial charge on any atom is 0.0544 e. The molecule has 1 N–H and O–H groups in total. The molecule has 0 aliphatic carbocycles. The van der Waals surface area contributed by atoms with E-state index in [0.29, 0.717) is 6.10 Å². The van der Waals surface area contributed by atoms with Gasteiger partial charge >= 0.3 is 0 Å². The zero-order valence-electron chi connectivity index (χ0n) is 7.84. The minimum absolute atomic E-state index is 0.185. The number of rotatable bonds is 6. The van der Waals surface area contributed by atoms with Crippen molar-refractivity contribution in [3.05, 3.63) is 0 Å². The predicted molar refractivity (Wildman–Crippen MR) is 46.6 cm³/mol. The Hall–Kier alpha value is -0.0800. The first-order chi connectivity index (χ1) is 5.16. The van der Waals surface area contributed by atoms with Crippen LogP contribution in [0.2, 0.25) is 0 Å². The monoisotopic (exact) mass is 160 g/mol. The van der Waals surface area contributed by atoms with E-state index in [-0.39, 0.29) is 6.10 Å². The average molecular weight is 160 g/mol. The standard InChI is InChI=1S/C9H20O2/c1-4-9(3)11-7-5-6-8(2)10/h8-10H,4-7H2,1-3H3. The molecule has 0 bridgehead atoms. The van der Waals surface area contributed by atoms with Crippen molar-refractivity contribution in [2.75, 3.05) is 6.61 Å². The van der Waals surface area contributed by atoms with Crippen LogP contribution in [-0.2, 0) is 4.74 Å². The van der Waals surface area contributed by atoms with Crippen LogP contribution in [0.1, 0.15) is 40.0 Å². The Morgan fingerprint density at radius 1 is 1.36 bits per heavy atom. The first-order valence-corrected chi connectivity index (χ1v) is 4.46. The molecule has 2 unspecified atom stereocenters. The zero-order valence-corrected chi connectivity index (χ0v) is 7.84. The summed E-state index contributed by atoms with van der Waals surface area (Å²) in [5.41, 5.74) is 0. The van der Waals surface area contributed by atoms with Crippen molar-refractivity contribution in [2.45, 2.75) is 52.2 Å². The van der Waals surface area contributed by atoms with E-state index >= 15 is 0 Å². The van der Waals surface area contributed by atoms with Crippen LogP contribution in [0.25, 0.3) is 0 Å². The van der Waals surface area contributed by atoms with Crippen molar-refractivity contribution in [1.82, 2.24) is 0 Å². The van der Waals surface area contributed by atoms with Crippen LogP contribution >= 0.6 is 0 Å². The Labute approximate surface area is 69.6 Å². The lowest BCUT2D eigenvalue weighted by Gasteiger charge is -2.10. The Bertz CT molecular complexity index is 81.6. The molecule has 2 atom stereocenters. The number of hydrogen-bond donors (Lipinski definition) is 1. The number of aliphatic hydroxyl groups is 1. The van der Waals surface area contributed by atoms with E-state index in [9.17, 15) is 0 Å². The summed E-state index contributed by atoms with van der Waals surface area (Å²) in [6, 6.07) is 0. The molecular weight excluding hydrogens is 140 g/mol. The number of hydrogen-bond acceptors (Lipinski definition) is 2. The molecule has 0 saturated heterocycles. The third-order valence-corrected chi connectivity index (χ3v) is 1.74. The normalized spacial score (nSPS) is 16.4. The van der Waals surface area contributed by atoms with E-state index in [2.05, 4.69) is 13.8 Å². The molecular formula is C9H20O2. The first kappa shape index (κ1) is 10.9. The van der Waals surface area contributed by atoms with Gasteiger partial charge in [-0.2, -0.15) is 0 Å². The van der Waals surface area contributed by atoms with Gasteiger partial charge in [0.1, 0.15) is 0 Å². The smallest absolute Gasteiger partial charge is 0.0544 e. The molecule has 0 aliphatic rings. The van der Waals surface area contributed by atoms with Gasteiger partial charge in [-0.3, -0.25) is 0 Å². The van der Waals surface area contributed by atoms with Gasteiger partial charge in [-0.05, 0) is 33.1 Å². The highest BCUT2D eigenvalue weighted by molar-refractivity contribution is 4.48. The van der Waals surface area contributed by atoms with Crippen molar-refractivity contribution < 1.29 is 9.84 Å². The highest BCUT2D eigenvalue weighted by Gasteiger charge is 1.98. The lowest BCUT2D eigenvalue weighted by atomic mass is 10.2.